The van der Waals surface area contributed by atoms with E-state index in [1.54, 1.807) is 12.5 Å². The lowest BCUT2D eigenvalue weighted by Crippen LogP contribution is -2.25. The molecule has 0 radical (unpaired) electrons. The van der Waals surface area contributed by atoms with Crippen molar-refractivity contribution in [1.29, 1.82) is 0 Å². The Balaban J connectivity index is 1.76. The van der Waals surface area contributed by atoms with Gasteiger partial charge in [0, 0.05) is 37.2 Å². The summed E-state index contributed by atoms with van der Waals surface area (Å²) in [6.07, 6.45) is 5.17. The van der Waals surface area contributed by atoms with Crippen molar-refractivity contribution in [2.24, 2.45) is 0 Å². The molecule has 1 aliphatic rings. The van der Waals surface area contributed by atoms with Crippen LogP contribution in [0, 0.1) is 0 Å². The van der Waals surface area contributed by atoms with E-state index in [9.17, 15) is 0 Å². The summed E-state index contributed by atoms with van der Waals surface area (Å²) in [6, 6.07) is 1.99. The van der Waals surface area contributed by atoms with Crippen molar-refractivity contribution in [2.45, 2.75) is 19.4 Å². The van der Waals surface area contributed by atoms with Crippen LogP contribution in [0.5, 0.6) is 0 Å². The standard InChI is InChI=1S/C13H13Cl2N3O/c14-12-10-1-4-18(7-9-3-6-19-8-9)5-2-11(10)16-13(15)17-12/h3,6,8H,1-2,4-5,7H2. The maximum absolute atomic E-state index is 6.14. The van der Waals surface area contributed by atoms with Gasteiger partial charge in [0.15, 0.2) is 0 Å². The first-order valence-electron chi connectivity index (χ1n) is 6.16. The predicted octanol–water partition coefficient (Wildman–Crippen LogP) is 2.98. The Bertz CT molecular complexity index is 572. The quantitative estimate of drug-likeness (QED) is 0.631. The van der Waals surface area contributed by atoms with Crippen molar-refractivity contribution in [3.05, 3.63) is 45.9 Å². The van der Waals surface area contributed by atoms with Gasteiger partial charge in [-0.1, -0.05) is 11.6 Å². The van der Waals surface area contributed by atoms with Crippen molar-refractivity contribution < 1.29 is 4.42 Å². The zero-order valence-electron chi connectivity index (χ0n) is 10.3. The molecule has 0 unspecified atom stereocenters. The second-order valence-corrected chi connectivity index (χ2v) is 5.31. The van der Waals surface area contributed by atoms with Gasteiger partial charge in [0.05, 0.1) is 18.2 Å². The van der Waals surface area contributed by atoms with Gasteiger partial charge in [0.25, 0.3) is 0 Å². The molecule has 0 aliphatic carbocycles. The molecular weight excluding hydrogens is 285 g/mol. The summed E-state index contributed by atoms with van der Waals surface area (Å²) in [5, 5.41) is 0.715. The van der Waals surface area contributed by atoms with Gasteiger partial charge in [-0.25, -0.2) is 9.97 Å². The number of furan rings is 1. The minimum absolute atomic E-state index is 0.229. The van der Waals surface area contributed by atoms with Crippen LogP contribution in [0.2, 0.25) is 10.4 Å². The molecule has 6 heteroatoms. The van der Waals surface area contributed by atoms with E-state index in [2.05, 4.69) is 14.9 Å². The Morgan fingerprint density at radius 2 is 2.05 bits per heavy atom. The second kappa shape index (κ2) is 5.49. The molecule has 4 nitrogen and oxygen atoms in total. The molecule has 0 saturated carbocycles. The van der Waals surface area contributed by atoms with Gasteiger partial charge >= 0.3 is 0 Å². The molecule has 2 aromatic heterocycles. The third-order valence-corrected chi connectivity index (χ3v) is 3.83. The summed E-state index contributed by atoms with van der Waals surface area (Å²) in [5.74, 6) is 0. The first-order chi connectivity index (χ1) is 9.22. The Morgan fingerprint density at radius 3 is 2.84 bits per heavy atom. The molecule has 0 saturated heterocycles. The zero-order chi connectivity index (χ0) is 13.2. The fourth-order valence-electron chi connectivity index (χ4n) is 2.37. The second-order valence-electron chi connectivity index (χ2n) is 4.62. The van der Waals surface area contributed by atoms with Crippen LogP contribution in [0.4, 0.5) is 0 Å². The largest absolute Gasteiger partial charge is 0.472 e. The zero-order valence-corrected chi connectivity index (χ0v) is 11.8. The van der Waals surface area contributed by atoms with Crippen molar-refractivity contribution in [3.8, 4) is 0 Å². The van der Waals surface area contributed by atoms with Gasteiger partial charge in [0.1, 0.15) is 5.15 Å². The molecule has 1 aliphatic heterocycles. The number of rotatable bonds is 2. The maximum Gasteiger partial charge on any atom is 0.224 e. The first kappa shape index (κ1) is 12.9. The van der Waals surface area contributed by atoms with E-state index in [0.717, 1.165) is 43.7 Å². The number of fused-ring (bicyclic) bond motifs is 1. The van der Waals surface area contributed by atoms with Crippen LogP contribution in [0.25, 0.3) is 0 Å². The van der Waals surface area contributed by atoms with Gasteiger partial charge < -0.3 is 4.42 Å². The average Bonchev–Trinajstić information content (AvgIpc) is 2.78. The third-order valence-electron chi connectivity index (χ3n) is 3.34. The molecule has 2 aromatic rings. The molecule has 0 amide bonds. The molecule has 0 fully saturated rings. The molecule has 3 rings (SSSR count). The van der Waals surface area contributed by atoms with E-state index in [1.165, 1.54) is 5.56 Å². The summed E-state index contributed by atoms with van der Waals surface area (Å²) in [7, 11) is 0. The molecular formula is C13H13Cl2N3O. The van der Waals surface area contributed by atoms with Crippen LogP contribution in [0.1, 0.15) is 16.8 Å². The highest BCUT2D eigenvalue weighted by Gasteiger charge is 2.19. The van der Waals surface area contributed by atoms with E-state index in [1.807, 2.05) is 6.07 Å². The summed E-state index contributed by atoms with van der Waals surface area (Å²) < 4.78 is 5.10. The molecule has 0 N–H and O–H groups in total. The topological polar surface area (TPSA) is 42.2 Å². The van der Waals surface area contributed by atoms with E-state index in [4.69, 9.17) is 27.6 Å². The van der Waals surface area contributed by atoms with Gasteiger partial charge in [-0.05, 0) is 24.1 Å². The first-order valence-corrected chi connectivity index (χ1v) is 6.92. The SMILES string of the molecule is Clc1nc(Cl)c2c(n1)CCN(Cc1ccoc1)CC2. The highest BCUT2D eigenvalue weighted by molar-refractivity contribution is 6.32. The van der Waals surface area contributed by atoms with E-state index in [-0.39, 0.29) is 5.28 Å². The molecule has 0 aromatic carbocycles. The van der Waals surface area contributed by atoms with Crippen molar-refractivity contribution in [3.63, 3.8) is 0 Å². The number of nitrogens with zero attached hydrogens (tertiary/aromatic N) is 3. The minimum Gasteiger partial charge on any atom is -0.472 e. The highest BCUT2D eigenvalue weighted by Crippen LogP contribution is 2.23. The van der Waals surface area contributed by atoms with Crippen LogP contribution in [-0.4, -0.2) is 28.0 Å². The Kier molecular flexibility index (Phi) is 3.73. The van der Waals surface area contributed by atoms with Crippen LogP contribution >= 0.6 is 23.2 Å². The lowest BCUT2D eigenvalue weighted by Gasteiger charge is -2.18. The molecule has 19 heavy (non-hydrogen) atoms. The highest BCUT2D eigenvalue weighted by atomic mass is 35.5. The number of hydrogen-bond acceptors (Lipinski definition) is 4. The van der Waals surface area contributed by atoms with Gasteiger partial charge in [-0.2, -0.15) is 0 Å². The number of hydrogen-bond donors (Lipinski definition) is 0. The normalized spacial score (nSPS) is 16.1. The van der Waals surface area contributed by atoms with Gasteiger partial charge in [0.2, 0.25) is 5.28 Å². The maximum atomic E-state index is 6.14. The lowest BCUT2D eigenvalue weighted by atomic mass is 10.1. The monoisotopic (exact) mass is 297 g/mol. The predicted molar refractivity (Wildman–Crippen MR) is 73.4 cm³/mol. The van der Waals surface area contributed by atoms with Crippen molar-refractivity contribution in [1.82, 2.24) is 14.9 Å². The summed E-state index contributed by atoms with van der Waals surface area (Å²) in [4.78, 5) is 10.7. The van der Waals surface area contributed by atoms with Crippen molar-refractivity contribution in [2.75, 3.05) is 13.1 Å². The van der Waals surface area contributed by atoms with E-state index in [0.29, 0.717) is 5.15 Å². The fourth-order valence-corrected chi connectivity index (χ4v) is 2.88. The van der Waals surface area contributed by atoms with Crippen LogP contribution in [-0.2, 0) is 19.4 Å². The van der Waals surface area contributed by atoms with Crippen LogP contribution in [0.15, 0.2) is 23.0 Å². The summed E-state index contributed by atoms with van der Waals surface area (Å²) >= 11 is 12.0. The van der Waals surface area contributed by atoms with Crippen molar-refractivity contribution >= 4 is 23.2 Å². The van der Waals surface area contributed by atoms with E-state index >= 15 is 0 Å². The summed E-state index contributed by atoms with van der Waals surface area (Å²) in [6.45, 7) is 2.74. The third kappa shape index (κ3) is 2.91. The lowest BCUT2D eigenvalue weighted by molar-refractivity contribution is 0.278. The molecule has 3 heterocycles. The fraction of sp³-hybridized carbons (Fsp3) is 0.385. The van der Waals surface area contributed by atoms with E-state index < -0.39 is 0 Å². The summed E-state index contributed by atoms with van der Waals surface area (Å²) in [5.41, 5.74) is 3.18. The smallest absolute Gasteiger partial charge is 0.224 e. The number of aromatic nitrogens is 2. The minimum atomic E-state index is 0.229. The Hall–Kier alpha value is -1.10. The number of halogens is 2. The van der Waals surface area contributed by atoms with Gasteiger partial charge in [-0.3, -0.25) is 4.90 Å². The molecule has 100 valence electrons. The molecule has 0 spiro atoms. The average molecular weight is 298 g/mol. The van der Waals surface area contributed by atoms with Gasteiger partial charge in [-0.15, -0.1) is 0 Å². The molecule has 0 bridgehead atoms. The van der Waals surface area contributed by atoms with Crippen LogP contribution < -0.4 is 0 Å². The van der Waals surface area contributed by atoms with Crippen LogP contribution in [0.3, 0.4) is 0 Å². The Labute approximate surface area is 121 Å². The molecule has 0 atom stereocenters. The Morgan fingerprint density at radius 1 is 1.21 bits per heavy atom.